The van der Waals surface area contributed by atoms with Gasteiger partial charge in [-0.1, -0.05) is 0 Å². The summed E-state index contributed by atoms with van der Waals surface area (Å²) in [5.74, 6) is -0.607. The molecule has 2 aromatic carbocycles. The average Bonchev–Trinajstić information content (AvgIpc) is 2.76. The predicted octanol–water partition coefficient (Wildman–Crippen LogP) is 2.14. The number of nitrogens with zero attached hydrogens (tertiary/aromatic N) is 2. The normalized spacial score (nSPS) is 11.4. The van der Waals surface area contributed by atoms with Crippen molar-refractivity contribution in [1.29, 1.82) is 0 Å². The van der Waals surface area contributed by atoms with Crippen molar-refractivity contribution >= 4 is 43.4 Å². The van der Waals surface area contributed by atoms with Crippen LogP contribution in [0.1, 0.15) is 13.8 Å². The number of ether oxygens (including phenoxy) is 3. The third kappa shape index (κ3) is 8.44. The molecule has 0 aromatic heterocycles. The number of sulfonamides is 2. The summed E-state index contributed by atoms with van der Waals surface area (Å²) < 4.78 is 65.7. The minimum Gasteiger partial charge on any atom is -0.465 e. The van der Waals surface area contributed by atoms with Gasteiger partial charge in [0.1, 0.15) is 24.6 Å². The number of carbonyl (C=O) groups is 2. The fourth-order valence-corrected chi connectivity index (χ4v) is 4.63. The Hall–Kier alpha value is -3.32. The summed E-state index contributed by atoms with van der Waals surface area (Å²) in [7, 11) is -7.47. The molecule has 13 heteroatoms. The fourth-order valence-electron chi connectivity index (χ4n) is 2.94. The van der Waals surface area contributed by atoms with E-state index in [2.05, 4.69) is 0 Å². The van der Waals surface area contributed by atoms with Crippen LogP contribution in [-0.4, -0.2) is 67.6 Å². The maximum Gasteiger partial charge on any atom is 0.326 e. The summed E-state index contributed by atoms with van der Waals surface area (Å²) in [6.45, 7) is 2.59. The minimum atomic E-state index is -3.74. The largest absolute Gasteiger partial charge is 0.465 e. The van der Waals surface area contributed by atoms with Gasteiger partial charge in [-0.05, 0) is 62.4 Å². The zero-order valence-electron chi connectivity index (χ0n) is 19.8. The summed E-state index contributed by atoms with van der Waals surface area (Å²) in [6.07, 6.45) is 1.97. The standard InChI is InChI=1S/C22H28N2O9S2/c1-5-31-21(25)15-23(34(3,27)28)17-7-11-19(12-8-17)33-20-13-9-18(10-14-20)24(35(4,29)30)16-22(26)32-6-2/h7-14H,5-6,15-16H2,1-4H3. The van der Waals surface area contributed by atoms with E-state index in [4.69, 9.17) is 14.2 Å². The van der Waals surface area contributed by atoms with E-state index in [0.717, 1.165) is 21.1 Å². The molecule has 0 aliphatic carbocycles. The third-order valence-corrected chi connectivity index (χ3v) is 6.72. The molecule has 192 valence electrons. The molecule has 2 rings (SSSR count). The first-order valence-corrected chi connectivity index (χ1v) is 14.2. The Morgan fingerprint density at radius 3 is 1.23 bits per heavy atom. The van der Waals surface area contributed by atoms with Crippen LogP contribution in [0.5, 0.6) is 11.5 Å². The topological polar surface area (TPSA) is 137 Å². The van der Waals surface area contributed by atoms with Gasteiger partial charge in [0.15, 0.2) is 0 Å². The highest BCUT2D eigenvalue weighted by atomic mass is 32.2. The highest BCUT2D eigenvalue weighted by molar-refractivity contribution is 7.92. The van der Waals surface area contributed by atoms with Gasteiger partial charge in [0.2, 0.25) is 20.0 Å². The molecular formula is C22H28N2O9S2. The Bertz CT molecular complexity index is 1130. The van der Waals surface area contributed by atoms with Crippen molar-refractivity contribution in [2.45, 2.75) is 13.8 Å². The Morgan fingerprint density at radius 2 is 0.971 bits per heavy atom. The van der Waals surface area contributed by atoms with Crippen LogP contribution in [0.3, 0.4) is 0 Å². The molecule has 0 aliphatic heterocycles. The third-order valence-electron chi connectivity index (χ3n) is 4.44. The Labute approximate surface area is 205 Å². The van der Waals surface area contributed by atoms with E-state index in [0.29, 0.717) is 11.5 Å². The smallest absolute Gasteiger partial charge is 0.326 e. The summed E-state index contributed by atoms with van der Waals surface area (Å²) in [6, 6.07) is 12.0. The molecule has 0 spiro atoms. The van der Waals surface area contributed by atoms with E-state index in [1.165, 1.54) is 48.5 Å². The number of hydrogen-bond acceptors (Lipinski definition) is 9. The van der Waals surface area contributed by atoms with E-state index in [1.54, 1.807) is 13.8 Å². The van der Waals surface area contributed by atoms with Crippen molar-refractivity contribution in [2.24, 2.45) is 0 Å². The fraction of sp³-hybridized carbons (Fsp3) is 0.364. The summed E-state index contributed by atoms with van der Waals surface area (Å²) >= 11 is 0. The van der Waals surface area contributed by atoms with E-state index in [9.17, 15) is 26.4 Å². The van der Waals surface area contributed by atoms with Gasteiger partial charge in [0.25, 0.3) is 0 Å². The van der Waals surface area contributed by atoms with Crippen LogP contribution in [-0.2, 0) is 39.1 Å². The van der Waals surface area contributed by atoms with E-state index in [1.807, 2.05) is 0 Å². The molecule has 0 atom stereocenters. The zero-order valence-corrected chi connectivity index (χ0v) is 21.5. The predicted molar refractivity (Wildman–Crippen MR) is 131 cm³/mol. The lowest BCUT2D eigenvalue weighted by Gasteiger charge is -2.22. The SMILES string of the molecule is CCOC(=O)CN(c1ccc(Oc2ccc(N(CC(=O)OCC)S(C)(=O)=O)cc2)cc1)S(C)(=O)=O. The summed E-state index contributed by atoms with van der Waals surface area (Å²) in [5.41, 5.74) is 0.511. The number of hydrogen-bond donors (Lipinski definition) is 0. The van der Waals surface area contributed by atoms with Gasteiger partial charge in [0.05, 0.1) is 37.1 Å². The van der Waals surface area contributed by atoms with Crippen molar-refractivity contribution in [2.75, 3.05) is 47.4 Å². The van der Waals surface area contributed by atoms with Gasteiger partial charge in [-0.2, -0.15) is 0 Å². The molecule has 0 N–H and O–H groups in total. The maximum absolute atomic E-state index is 12.1. The number of rotatable bonds is 12. The second-order valence-electron chi connectivity index (χ2n) is 7.24. The first-order valence-electron chi connectivity index (χ1n) is 10.5. The van der Waals surface area contributed by atoms with Crippen molar-refractivity contribution in [1.82, 2.24) is 0 Å². The summed E-state index contributed by atoms with van der Waals surface area (Å²) in [5, 5.41) is 0. The van der Waals surface area contributed by atoms with Crippen LogP contribution in [0.2, 0.25) is 0 Å². The first kappa shape index (κ1) is 27.9. The van der Waals surface area contributed by atoms with Crippen LogP contribution >= 0.6 is 0 Å². The van der Waals surface area contributed by atoms with Crippen LogP contribution in [0, 0.1) is 0 Å². The van der Waals surface area contributed by atoms with E-state index in [-0.39, 0.29) is 24.6 Å². The highest BCUT2D eigenvalue weighted by Crippen LogP contribution is 2.28. The molecule has 0 radical (unpaired) electrons. The molecular weight excluding hydrogens is 500 g/mol. The number of benzene rings is 2. The number of carbonyl (C=O) groups excluding carboxylic acids is 2. The highest BCUT2D eigenvalue weighted by Gasteiger charge is 2.23. The average molecular weight is 529 g/mol. The molecule has 0 bridgehead atoms. The van der Waals surface area contributed by atoms with Gasteiger partial charge >= 0.3 is 11.9 Å². The van der Waals surface area contributed by atoms with Crippen molar-refractivity contribution < 1.29 is 40.6 Å². The van der Waals surface area contributed by atoms with Gasteiger partial charge < -0.3 is 14.2 Å². The minimum absolute atomic E-state index is 0.132. The Morgan fingerprint density at radius 1 is 0.657 bits per heavy atom. The Kier molecular flexibility index (Phi) is 9.48. The monoisotopic (exact) mass is 528 g/mol. The molecule has 0 fully saturated rings. The lowest BCUT2D eigenvalue weighted by molar-refractivity contribution is -0.142. The molecule has 0 heterocycles. The van der Waals surface area contributed by atoms with Crippen molar-refractivity contribution in [3.8, 4) is 11.5 Å². The van der Waals surface area contributed by atoms with Crippen LogP contribution < -0.4 is 13.3 Å². The quantitative estimate of drug-likeness (QED) is 0.379. The van der Waals surface area contributed by atoms with Crippen molar-refractivity contribution in [3.63, 3.8) is 0 Å². The molecule has 0 unspecified atom stereocenters. The van der Waals surface area contributed by atoms with Crippen LogP contribution in [0.15, 0.2) is 48.5 Å². The van der Waals surface area contributed by atoms with Gasteiger partial charge in [0, 0.05) is 0 Å². The molecule has 0 aliphatic rings. The summed E-state index contributed by atoms with van der Waals surface area (Å²) in [4.78, 5) is 23.6. The molecule has 35 heavy (non-hydrogen) atoms. The second kappa shape index (κ2) is 11.9. The van der Waals surface area contributed by atoms with Crippen molar-refractivity contribution in [3.05, 3.63) is 48.5 Å². The van der Waals surface area contributed by atoms with Gasteiger partial charge in [-0.25, -0.2) is 16.8 Å². The first-order chi connectivity index (χ1) is 16.3. The van der Waals surface area contributed by atoms with Crippen LogP contribution in [0.25, 0.3) is 0 Å². The molecule has 2 aromatic rings. The molecule has 0 amide bonds. The van der Waals surface area contributed by atoms with Crippen LogP contribution in [0.4, 0.5) is 11.4 Å². The lowest BCUT2D eigenvalue weighted by Crippen LogP contribution is -2.35. The van der Waals surface area contributed by atoms with E-state index < -0.39 is 45.1 Å². The number of anilines is 2. The maximum atomic E-state index is 12.1. The van der Waals surface area contributed by atoms with E-state index >= 15 is 0 Å². The molecule has 11 nitrogen and oxygen atoms in total. The lowest BCUT2D eigenvalue weighted by atomic mass is 10.2. The second-order valence-corrected chi connectivity index (χ2v) is 11.1. The molecule has 0 saturated heterocycles. The number of esters is 2. The zero-order chi connectivity index (χ0) is 26.2. The molecule has 0 saturated carbocycles. The van der Waals surface area contributed by atoms with Gasteiger partial charge in [-0.15, -0.1) is 0 Å². The Balaban J connectivity index is 2.17. The van der Waals surface area contributed by atoms with Gasteiger partial charge in [-0.3, -0.25) is 18.2 Å².